The van der Waals surface area contributed by atoms with E-state index in [9.17, 15) is 9.59 Å². The summed E-state index contributed by atoms with van der Waals surface area (Å²) in [4.78, 5) is 21.0. The Hall–Kier alpha value is -1.10. The van der Waals surface area contributed by atoms with Gasteiger partial charge in [0.05, 0.1) is 0 Å². The molecule has 0 aliphatic heterocycles. The van der Waals surface area contributed by atoms with Crippen molar-refractivity contribution in [3.63, 3.8) is 0 Å². The molecule has 0 aromatic carbocycles. The highest BCUT2D eigenvalue weighted by atomic mass is 16.4. The maximum absolute atomic E-state index is 10.6. The Kier molecular flexibility index (Phi) is 3.69. The maximum Gasteiger partial charge on any atom is 0.363 e. The molecular weight excluding hydrogens is 162 g/mol. The van der Waals surface area contributed by atoms with Gasteiger partial charge in [-0.3, -0.25) is 4.79 Å². The molecular formula is C7H14NO4+. The summed E-state index contributed by atoms with van der Waals surface area (Å²) in [7, 11) is 0. The van der Waals surface area contributed by atoms with Crippen LogP contribution in [0.15, 0.2) is 0 Å². The van der Waals surface area contributed by atoms with Gasteiger partial charge in [0, 0.05) is 0 Å². The zero-order valence-corrected chi connectivity index (χ0v) is 7.15. The molecule has 0 bridgehead atoms. The van der Waals surface area contributed by atoms with Crippen molar-refractivity contribution in [2.45, 2.75) is 19.9 Å². The molecule has 0 fully saturated rings. The molecule has 5 heteroatoms. The van der Waals surface area contributed by atoms with E-state index < -0.39 is 23.9 Å². The molecule has 0 rings (SSSR count). The van der Waals surface area contributed by atoms with Crippen molar-refractivity contribution in [3.8, 4) is 0 Å². The first-order chi connectivity index (χ1) is 5.37. The van der Waals surface area contributed by atoms with Gasteiger partial charge in [0.15, 0.2) is 6.04 Å². The van der Waals surface area contributed by atoms with Crippen LogP contribution in [0.25, 0.3) is 0 Å². The summed E-state index contributed by atoms with van der Waals surface area (Å²) in [5.74, 6) is -3.41. The molecule has 0 spiro atoms. The van der Waals surface area contributed by atoms with Crippen LogP contribution in [-0.2, 0) is 9.59 Å². The Morgan fingerprint density at radius 3 is 1.67 bits per heavy atom. The Morgan fingerprint density at radius 1 is 1.17 bits per heavy atom. The SMILES string of the molecule is CC(C)[C@H](C(=O)O)[C@H]([NH3+])C(=O)O. The lowest BCUT2D eigenvalue weighted by atomic mass is 9.89. The van der Waals surface area contributed by atoms with Gasteiger partial charge in [0.25, 0.3) is 0 Å². The van der Waals surface area contributed by atoms with Gasteiger partial charge >= 0.3 is 11.9 Å². The molecule has 2 atom stereocenters. The Balaban J connectivity index is 4.51. The van der Waals surface area contributed by atoms with E-state index in [2.05, 4.69) is 5.73 Å². The molecule has 5 nitrogen and oxygen atoms in total. The van der Waals surface area contributed by atoms with Crippen LogP contribution in [0.2, 0.25) is 0 Å². The van der Waals surface area contributed by atoms with Crippen LogP contribution in [0.1, 0.15) is 13.8 Å². The van der Waals surface area contributed by atoms with E-state index in [0.717, 1.165) is 0 Å². The number of carboxylic acid groups (broad SMARTS) is 2. The molecule has 70 valence electrons. The van der Waals surface area contributed by atoms with E-state index in [-0.39, 0.29) is 5.92 Å². The summed E-state index contributed by atoms with van der Waals surface area (Å²) in [6.07, 6.45) is 0. The number of hydrogen-bond acceptors (Lipinski definition) is 2. The lowest BCUT2D eigenvalue weighted by Gasteiger charge is -2.16. The number of aliphatic carboxylic acids is 2. The third-order valence-corrected chi connectivity index (χ3v) is 1.75. The standard InChI is InChI=1S/C7H13NO4/c1-3(2)4(6(9)10)5(8)7(11)12/h3-5H,8H2,1-2H3,(H,9,10)(H,11,12)/p+1/t4-,5-/m0/s1. The van der Waals surface area contributed by atoms with Crippen molar-refractivity contribution < 1.29 is 25.5 Å². The van der Waals surface area contributed by atoms with Gasteiger partial charge in [-0.25, -0.2) is 4.79 Å². The van der Waals surface area contributed by atoms with Gasteiger partial charge in [0.2, 0.25) is 0 Å². The van der Waals surface area contributed by atoms with E-state index in [0.29, 0.717) is 0 Å². The molecule has 0 amide bonds. The highest BCUT2D eigenvalue weighted by Gasteiger charge is 2.36. The van der Waals surface area contributed by atoms with E-state index in [4.69, 9.17) is 10.2 Å². The maximum atomic E-state index is 10.6. The molecule has 0 heterocycles. The lowest BCUT2D eigenvalue weighted by Crippen LogP contribution is -2.70. The third kappa shape index (κ3) is 2.50. The van der Waals surface area contributed by atoms with Crippen molar-refractivity contribution in [3.05, 3.63) is 0 Å². The monoisotopic (exact) mass is 176 g/mol. The zero-order chi connectivity index (χ0) is 9.89. The Labute approximate surface area is 70.2 Å². The van der Waals surface area contributed by atoms with Crippen LogP contribution in [-0.4, -0.2) is 28.2 Å². The first-order valence-corrected chi connectivity index (χ1v) is 3.66. The van der Waals surface area contributed by atoms with Gasteiger partial charge in [-0.1, -0.05) is 13.8 Å². The number of quaternary nitrogens is 1. The quantitative estimate of drug-likeness (QED) is 0.513. The van der Waals surface area contributed by atoms with Crippen LogP contribution >= 0.6 is 0 Å². The molecule has 0 radical (unpaired) electrons. The molecule has 0 aliphatic rings. The van der Waals surface area contributed by atoms with E-state index in [1.54, 1.807) is 13.8 Å². The second kappa shape index (κ2) is 4.06. The highest BCUT2D eigenvalue weighted by Crippen LogP contribution is 2.13. The summed E-state index contributed by atoms with van der Waals surface area (Å²) >= 11 is 0. The summed E-state index contributed by atoms with van der Waals surface area (Å²) in [6.45, 7) is 3.33. The molecule has 0 aliphatic carbocycles. The zero-order valence-electron chi connectivity index (χ0n) is 7.15. The third-order valence-electron chi connectivity index (χ3n) is 1.75. The van der Waals surface area contributed by atoms with E-state index in [1.807, 2.05) is 0 Å². The first kappa shape index (κ1) is 10.9. The molecule has 0 aromatic rings. The molecule has 0 saturated heterocycles. The van der Waals surface area contributed by atoms with Crippen LogP contribution in [0.5, 0.6) is 0 Å². The van der Waals surface area contributed by atoms with Crippen LogP contribution in [0, 0.1) is 11.8 Å². The fraction of sp³-hybridized carbons (Fsp3) is 0.714. The van der Waals surface area contributed by atoms with E-state index in [1.165, 1.54) is 0 Å². The molecule has 0 unspecified atom stereocenters. The number of carboxylic acids is 2. The molecule has 0 saturated carbocycles. The minimum atomic E-state index is -1.17. The summed E-state index contributed by atoms with van der Waals surface area (Å²) in [5, 5.41) is 17.2. The minimum Gasteiger partial charge on any atom is -0.481 e. The average Bonchev–Trinajstić information content (AvgIpc) is 1.85. The molecule has 12 heavy (non-hydrogen) atoms. The summed E-state index contributed by atoms with van der Waals surface area (Å²) < 4.78 is 0. The van der Waals surface area contributed by atoms with Crippen molar-refractivity contribution in [1.29, 1.82) is 0 Å². The van der Waals surface area contributed by atoms with Crippen LogP contribution in [0.4, 0.5) is 0 Å². The fourth-order valence-electron chi connectivity index (χ4n) is 1.08. The van der Waals surface area contributed by atoms with Crippen molar-refractivity contribution in [1.82, 2.24) is 0 Å². The second-order valence-electron chi connectivity index (χ2n) is 3.05. The summed E-state index contributed by atoms with van der Waals surface area (Å²) in [6, 6.07) is -1.08. The van der Waals surface area contributed by atoms with Gasteiger partial charge in [-0.15, -0.1) is 0 Å². The molecule has 5 N–H and O–H groups in total. The highest BCUT2D eigenvalue weighted by molar-refractivity contribution is 5.81. The number of hydrogen-bond donors (Lipinski definition) is 3. The van der Waals surface area contributed by atoms with Gasteiger partial charge in [0.1, 0.15) is 5.92 Å². The first-order valence-electron chi connectivity index (χ1n) is 3.66. The Bertz CT molecular complexity index is 190. The smallest absolute Gasteiger partial charge is 0.363 e. The topological polar surface area (TPSA) is 102 Å². The average molecular weight is 176 g/mol. The van der Waals surface area contributed by atoms with Gasteiger partial charge in [-0.05, 0) is 5.92 Å². The van der Waals surface area contributed by atoms with Gasteiger partial charge < -0.3 is 15.9 Å². The van der Waals surface area contributed by atoms with Crippen molar-refractivity contribution in [2.75, 3.05) is 0 Å². The van der Waals surface area contributed by atoms with Crippen molar-refractivity contribution in [2.24, 2.45) is 11.8 Å². The Morgan fingerprint density at radius 2 is 1.58 bits per heavy atom. The van der Waals surface area contributed by atoms with Gasteiger partial charge in [-0.2, -0.15) is 0 Å². The van der Waals surface area contributed by atoms with Crippen LogP contribution < -0.4 is 5.73 Å². The lowest BCUT2D eigenvalue weighted by molar-refractivity contribution is -0.419. The minimum absolute atomic E-state index is 0.221. The van der Waals surface area contributed by atoms with Crippen LogP contribution in [0.3, 0.4) is 0 Å². The number of carbonyl (C=O) groups is 2. The predicted molar refractivity (Wildman–Crippen MR) is 40.3 cm³/mol. The summed E-state index contributed by atoms with van der Waals surface area (Å²) in [5.41, 5.74) is 3.30. The fourth-order valence-corrected chi connectivity index (χ4v) is 1.08. The second-order valence-corrected chi connectivity index (χ2v) is 3.05. The normalized spacial score (nSPS) is 15.7. The van der Waals surface area contributed by atoms with E-state index >= 15 is 0 Å². The largest absolute Gasteiger partial charge is 0.481 e. The predicted octanol–water partition coefficient (Wildman–Crippen LogP) is -0.962. The van der Waals surface area contributed by atoms with Crippen molar-refractivity contribution >= 4 is 11.9 Å². The molecule has 0 aromatic heterocycles. The number of rotatable bonds is 4.